The topological polar surface area (TPSA) is 225 Å². The normalized spacial score (nSPS) is 42.7. The number of carboxylic acids is 2. The zero-order valence-electron chi connectivity index (χ0n) is 66.1. The number of hydrogen-bond donors (Lipinski definition) is 4. The van der Waals surface area contributed by atoms with E-state index < -0.39 is 34.9 Å². The van der Waals surface area contributed by atoms with Gasteiger partial charge < -0.3 is 53.3 Å². The summed E-state index contributed by atoms with van der Waals surface area (Å²) in [5.41, 5.74) is 13.5. The maximum Gasteiger partial charge on any atom is 1.00 e. The predicted octanol–water partition coefficient (Wildman–Crippen LogP) is 13.8. The fourth-order valence-corrected chi connectivity index (χ4v) is 25.4. The number of nitrogens with zero attached hydrogens (tertiary/aromatic N) is 6. The summed E-state index contributed by atoms with van der Waals surface area (Å²) in [6.45, 7) is 53.1. The predicted molar refractivity (Wildman–Crippen MR) is 402 cm³/mol. The Bertz CT molecular complexity index is 3310. The second-order valence-electron chi connectivity index (χ2n) is 37.7. The summed E-state index contributed by atoms with van der Waals surface area (Å²) in [7, 11) is 0. The smallest absolute Gasteiger partial charge is 0.793 e. The molecule has 100 heavy (non-hydrogen) atoms. The van der Waals surface area contributed by atoms with Crippen molar-refractivity contribution < 1.29 is 68.3 Å². The number of fused-ring (bicyclic) bond motifs is 6. The summed E-state index contributed by atoms with van der Waals surface area (Å²) in [4.78, 5) is 36.1. The molecular weight excluding hydrogens is 1370 g/mol. The van der Waals surface area contributed by atoms with Crippen molar-refractivity contribution in [1.29, 1.82) is 0 Å². The summed E-state index contributed by atoms with van der Waals surface area (Å²) < 4.78 is 32.5. The molecule has 0 amide bonds. The van der Waals surface area contributed by atoms with E-state index in [-0.39, 0.29) is 120 Å². The Morgan fingerprint density at radius 2 is 1.01 bits per heavy atom. The zero-order chi connectivity index (χ0) is 73.2. The van der Waals surface area contributed by atoms with E-state index in [9.17, 15) is 19.8 Å². The second-order valence-corrected chi connectivity index (χ2v) is 40.2. The van der Waals surface area contributed by atoms with Gasteiger partial charge in [0.1, 0.15) is 12.7 Å². The molecule has 6 saturated carbocycles. The Labute approximate surface area is 643 Å². The van der Waals surface area contributed by atoms with Crippen LogP contribution in [-0.4, -0.2) is 126 Å². The third-order valence-corrected chi connectivity index (χ3v) is 33.3. The summed E-state index contributed by atoms with van der Waals surface area (Å²) >= 11 is 9.85. The van der Waals surface area contributed by atoms with Crippen LogP contribution in [0.3, 0.4) is 0 Å². The van der Waals surface area contributed by atoms with Gasteiger partial charge in [0.05, 0.1) is 75.8 Å². The quantitative estimate of drug-likeness (QED) is 0.0471. The van der Waals surface area contributed by atoms with Crippen LogP contribution in [0.25, 0.3) is 0 Å². The minimum atomic E-state index is -0.618. The van der Waals surface area contributed by atoms with Crippen LogP contribution >= 0.6 is 27.7 Å². The molecule has 8 aliphatic carbocycles. The van der Waals surface area contributed by atoms with Crippen molar-refractivity contribution >= 4 is 52.3 Å². The van der Waals surface area contributed by atoms with Crippen LogP contribution in [0.2, 0.25) is 0 Å². The molecule has 2 aromatic rings. The van der Waals surface area contributed by atoms with Gasteiger partial charge in [-0.25, -0.2) is 19.3 Å². The van der Waals surface area contributed by atoms with E-state index in [2.05, 4.69) is 196 Å². The second kappa shape index (κ2) is 29.6. The van der Waals surface area contributed by atoms with Crippen LogP contribution in [0, 0.1) is 125 Å². The summed E-state index contributed by atoms with van der Waals surface area (Å²) in [5.74, 6) is 3.18. The molecule has 20 heteroatoms. The minimum absolute atomic E-state index is 0. The summed E-state index contributed by atoms with van der Waals surface area (Å²) in [5, 5.41) is 32.7. The Kier molecular flexibility index (Phi) is 24.4. The molecular formula is C80H132BrN8NaO8S2. The first kappa shape index (κ1) is 82.7. The van der Waals surface area contributed by atoms with Crippen LogP contribution in [0.5, 0.6) is 0 Å². The number of carbonyl (C=O) groups is 2. The van der Waals surface area contributed by atoms with E-state index in [1.165, 1.54) is 5.57 Å². The van der Waals surface area contributed by atoms with Crippen LogP contribution < -0.4 is 41.0 Å². The van der Waals surface area contributed by atoms with Crippen molar-refractivity contribution in [1.82, 2.24) is 29.5 Å². The van der Waals surface area contributed by atoms with Crippen molar-refractivity contribution in [2.75, 3.05) is 51.1 Å². The summed E-state index contributed by atoms with van der Waals surface area (Å²) in [6, 6.07) is -0.0622. The average molecular weight is 1500 g/mol. The van der Waals surface area contributed by atoms with Crippen LogP contribution in [0.15, 0.2) is 45.8 Å². The number of thioether (sulfide) groups is 1. The van der Waals surface area contributed by atoms with Crippen LogP contribution in [-0.2, 0) is 41.2 Å². The first-order valence-corrected chi connectivity index (χ1v) is 40.9. The SMILES string of the molecule is CC(C)[C@@H](C)[C@@]1(C)CC[C@]2(C)[C@H]3CC[C@@H]4[C@@]5(COC[C@@]4(C)[C@@H](OC[C@](C)(N)C(C)C)[C@H](n4ncnc4Br)C5)C3=CC[C@@]2(C)[C@@H]1C(=O)O.CCSc1ncnn1[C@@H]1C[C@@]23COC[C@](C)([C@@H]2CC[C@H]2C3=CC[C@@]3(C)[C@H](C(=O)O)[C@@](C)([C@H](C)C(C)C)CC[C@]23C)[C@H]1OC[C@](C)(N)C(C)C.CC[S-].[Na+]. The minimum Gasteiger partial charge on any atom is -0.793 e. The van der Waals surface area contributed by atoms with Gasteiger partial charge in [-0.05, 0) is 204 Å². The van der Waals surface area contributed by atoms with Gasteiger partial charge in [0.2, 0.25) is 0 Å². The molecule has 2 aliphatic heterocycles. The molecule has 10 aliphatic rings. The molecule has 8 fully saturated rings. The van der Waals surface area contributed by atoms with Crippen molar-refractivity contribution in [3.63, 3.8) is 0 Å². The molecule has 6 N–H and O–H groups in total. The molecule has 0 radical (unpaired) electrons. The maximum atomic E-state index is 13.5. The number of hydrogen-bond acceptors (Lipinski definition) is 14. The third-order valence-electron chi connectivity index (χ3n) is 31.9. The Hall–Kier alpha value is -1.36. The molecule has 0 spiro atoms. The fraction of sp³-hybridized carbons (Fsp3) is 0.875. The summed E-state index contributed by atoms with van der Waals surface area (Å²) in [6.07, 6.45) is 19.8. The van der Waals surface area contributed by atoms with E-state index >= 15 is 0 Å². The molecule has 4 heterocycles. The number of carboxylic acid groups (broad SMARTS) is 2. The van der Waals surface area contributed by atoms with E-state index in [1.54, 1.807) is 30.0 Å². The van der Waals surface area contributed by atoms with E-state index in [0.29, 0.717) is 91.7 Å². The van der Waals surface area contributed by atoms with Crippen molar-refractivity contribution in [3.8, 4) is 0 Å². The van der Waals surface area contributed by atoms with E-state index in [1.807, 2.05) is 11.6 Å². The Morgan fingerprint density at radius 3 is 1.36 bits per heavy atom. The van der Waals surface area contributed by atoms with Gasteiger partial charge >= 0.3 is 41.5 Å². The Morgan fingerprint density at radius 1 is 0.630 bits per heavy atom. The molecule has 24 atom stereocenters. The van der Waals surface area contributed by atoms with Gasteiger partial charge in [0, 0.05) is 32.7 Å². The first-order chi connectivity index (χ1) is 46.1. The maximum absolute atomic E-state index is 13.5. The van der Waals surface area contributed by atoms with Crippen molar-refractivity contribution in [3.05, 3.63) is 40.7 Å². The molecule has 560 valence electrons. The number of allylic oxidation sites excluding steroid dienone is 2. The van der Waals surface area contributed by atoms with Crippen LogP contribution in [0.1, 0.15) is 241 Å². The van der Waals surface area contributed by atoms with E-state index in [4.69, 9.17) is 45.6 Å². The van der Waals surface area contributed by atoms with Gasteiger partial charge in [-0.1, -0.05) is 174 Å². The number of aromatic nitrogens is 6. The Balaban J connectivity index is 0.000000223. The van der Waals surface area contributed by atoms with Gasteiger partial charge in [0.25, 0.3) is 0 Å². The fourth-order valence-electron chi connectivity index (χ4n) is 24.3. The third kappa shape index (κ3) is 12.9. The zero-order valence-corrected chi connectivity index (χ0v) is 71.3. The molecule has 12 rings (SSSR count). The van der Waals surface area contributed by atoms with E-state index in [0.717, 1.165) is 93.7 Å². The largest absolute Gasteiger partial charge is 1.00 e. The van der Waals surface area contributed by atoms with Gasteiger partial charge in [-0.15, -0.1) is 0 Å². The molecule has 2 aromatic heterocycles. The molecule has 4 bridgehead atoms. The molecule has 16 nitrogen and oxygen atoms in total. The molecule has 0 unspecified atom stereocenters. The van der Waals surface area contributed by atoms with Crippen molar-refractivity contribution in [2.24, 2.45) is 137 Å². The molecule has 2 saturated heterocycles. The van der Waals surface area contributed by atoms with Gasteiger partial charge in [0.15, 0.2) is 9.89 Å². The average Bonchev–Trinajstić information content (AvgIpc) is 0.715. The standard InChI is InChI=1S/C40H66N4O4S.C38H61BrN4O4.C2H6S.Na/c1-12-49-34-42-23-43-44(34)29-19-40-22-47-20-36(8,32(29)48-21-39(11,41)25(4)5)30(40)14-13-27-28(40)15-16-38(10)31(33(45)46)35(7,26(6)24(2)3)17-18-37(27,38)9;1-22(2)24(5)33(6)15-16-35(8)25-11-12-28-34(7)18-46-20-38(28,26(25)13-14-36(35,9)29(33)31(44)45)17-27(43-32(39)41-21-42-43)30(34)47-19-37(10,40)23(3)4;1-2-3;/h15,23-27,29-32H,12-14,16-22,41H2,1-11H3,(H,45,46);13,21-25,27-30H,11-12,14-20,40H2,1-10H3,(H,44,45);3H,2H2,1H3;/q;;;+1/p-1/t26-,27+,29-,30+,31-,32+,35-,36-,37-,38+,39+,40+;24-,25+,27-,28+,29-,30+,33-,34-,35-,36+,37+,38+;;/m11../s1. The monoisotopic (exact) mass is 1500 g/mol. The van der Waals surface area contributed by atoms with Crippen molar-refractivity contribution in [2.45, 2.75) is 270 Å². The number of halogens is 1. The number of rotatable bonds is 18. The molecule has 0 aromatic carbocycles. The van der Waals surface area contributed by atoms with Gasteiger partial charge in [-0.3, -0.25) is 9.59 Å². The first-order valence-electron chi connectivity index (χ1n) is 38.5. The number of ether oxygens (including phenoxy) is 4. The number of aliphatic carboxylic acids is 2. The van der Waals surface area contributed by atoms with Crippen LogP contribution in [0.4, 0.5) is 0 Å². The number of nitrogens with two attached hydrogens (primary N) is 2. The van der Waals surface area contributed by atoms with Gasteiger partial charge in [-0.2, -0.15) is 16.0 Å².